The molecule has 0 spiro atoms. The molecule has 4 nitrogen and oxygen atoms in total. The van der Waals surface area contributed by atoms with Gasteiger partial charge in [0.1, 0.15) is 0 Å². The third-order valence-corrected chi connectivity index (χ3v) is 3.16. The van der Waals surface area contributed by atoms with Crippen LogP contribution in [0.2, 0.25) is 0 Å². The van der Waals surface area contributed by atoms with Gasteiger partial charge in [-0.3, -0.25) is 4.99 Å². The number of hydrogen-bond donors (Lipinski definition) is 2. The molecule has 1 aromatic carbocycles. The Labute approximate surface area is 123 Å². The van der Waals surface area contributed by atoms with Crippen molar-refractivity contribution in [2.45, 2.75) is 33.7 Å². The summed E-state index contributed by atoms with van der Waals surface area (Å²) < 4.78 is 0. The van der Waals surface area contributed by atoms with Crippen LogP contribution in [0.1, 0.15) is 26.3 Å². The van der Waals surface area contributed by atoms with E-state index in [4.69, 9.17) is 0 Å². The first-order chi connectivity index (χ1) is 9.58. The monoisotopic (exact) mass is 276 g/mol. The quantitative estimate of drug-likeness (QED) is 0.619. The fourth-order valence-electron chi connectivity index (χ4n) is 2.14. The van der Waals surface area contributed by atoms with Crippen molar-refractivity contribution in [1.29, 1.82) is 0 Å². The van der Waals surface area contributed by atoms with Gasteiger partial charge in [-0.2, -0.15) is 0 Å². The van der Waals surface area contributed by atoms with Gasteiger partial charge in [0.2, 0.25) is 0 Å². The summed E-state index contributed by atoms with van der Waals surface area (Å²) in [6.45, 7) is 11.4. The Hall–Kier alpha value is -1.71. The lowest BCUT2D eigenvalue weighted by atomic mass is 10.2. The summed E-state index contributed by atoms with van der Waals surface area (Å²) in [7, 11) is 1.80. The van der Waals surface area contributed by atoms with E-state index in [0.717, 1.165) is 25.6 Å². The summed E-state index contributed by atoms with van der Waals surface area (Å²) in [5, 5.41) is 6.64. The number of guanidine groups is 1. The van der Waals surface area contributed by atoms with E-state index in [1.807, 2.05) is 0 Å². The summed E-state index contributed by atoms with van der Waals surface area (Å²) in [6, 6.07) is 8.90. The SMILES string of the molecule is CCN(CCNC(=NC)NC(C)C)c1ccccc1C. The normalized spacial score (nSPS) is 11.6. The van der Waals surface area contributed by atoms with Crippen molar-refractivity contribution < 1.29 is 0 Å². The van der Waals surface area contributed by atoms with Gasteiger partial charge in [-0.25, -0.2) is 0 Å². The molecular weight excluding hydrogens is 248 g/mol. The van der Waals surface area contributed by atoms with Crippen molar-refractivity contribution in [3.05, 3.63) is 29.8 Å². The van der Waals surface area contributed by atoms with Gasteiger partial charge in [-0.05, 0) is 39.3 Å². The molecule has 0 fully saturated rings. The molecule has 0 saturated carbocycles. The van der Waals surface area contributed by atoms with E-state index < -0.39 is 0 Å². The van der Waals surface area contributed by atoms with Crippen molar-refractivity contribution in [2.24, 2.45) is 4.99 Å². The Morgan fingerprint density at radius 3 is 2.55 bits per heavy atom. The number of para-hydroxylation sites is 1. The molecule has 0 atom stereocenters. The lowest BCUT2D eigenvalue weighted by Crippen LogP contribution is -2.44. The second-order valence-corrected chi connectivity index (χ2v) is 5.16. The van der Waals surface area contributed by atoms with Crippen molar-refractivity contribution in [3.63, 3.8) is 0 Å². The summed E-state index contributed by atoms with van der Waals surface area (Å²) in [5.74, 6) is 0.862. The van der Waals surface area contributed by atoms with Crippen molar-refractivity contribution in [1.82, 2.24) is 10.6 Å². The van der Waals surface area contributed by atoms with Crippen molar-refractivity contribution in [3.8, 4) is 0 Å². The number of nitrogens with zero attached hydrogens (tertiary/aromatic N) is 2. The van der Waals surface area contributed by atoms with E-state index in [0.29, 0.717) is 6.04 Å². The molecule has 0 saturated heterocycles. The highest BCUT2D eigenvalue weighted by atomic mass is 15.2. The molecule has 0 bridgehead atoms. The van der Waals surface area contributed by atoms with Crippen molar-refractivity contribution in [2.75, 3.05) is 31.6 Å². The van der Waals surface area contributed by atoms with E-state index in [1.165, 1.54) is 11.3 Å². The second-order valence-electron chi connectivity index (χ2n) is 5.16. The molecule has 0 aromatic heterocycles. The highest BCUT2D eigenvalue weighted by molar-refractivity contribution is 5.79. The maximum atomic E-state index is 4.22. The van der Waals surface area contributed by atoms with Crippen LogP contribution in [0.4, 0.5) is 5.69 Å². The van der Waals surface area contributed by atoms with Gasteiger partial charge < -0.3 is 15.5 Å². The topological polar surface area (TPSA) is 39.7 Å². The van der Waals surface area contributed by atoms with Crippen LogP contribution >= 0.6 is 0 Å². The highest BCUT2D eigenvalue weighted by Gasteiger charge is 2.07. The summed E-state index contributed by atoms with van der Waals surface area (Å²) in [5.41, 5.74) is 2.63. The zero-order valence-electron chi connectivity index (χ0n) is 13.4. The van der Waals surface area contributed by atoms with Crippen LogP contribution in [0.5, 0.6) is 0 Å². The summed E-state index contributed by atoms with van der Waals surface area (Å²) in [6.07, 6.45) is 0. The molecule has 1 aromatic rings. The summed E-state index contributed by atoms with van der Waals surface area (Å²) in [4.78, 5) is 6.60. The molecule has 4 heteroatoms. The molecular formula is C16H28N4. The highest BCUT2D eigenvalue weighted by Crippen LogP contribution is 2.18. The fraction of sp³-hybridized carbons (Fsp3) is 0.562. The second kappa shape index (κ2) is 8.46. The first kappa shape index (κ1) is 16.3. The third kappa shape index (κ3) is 5.11. The number of nitrogens with one attached hydrogen (secondary N) is 2. The van der Waals surface area contributed by atoms with E-state index in [-0.39, 0.29) is 0 Å². The Balaban J connectivity index is 2.52. The van der Waals surface area contributed by atoms with Gasteiger partial charge >= 0.3 is 0 Å². The standard InChI is InChI=1S/C16H28N4/c1-6-20(15-10-8-7-9-14(15)4)12-11-18-16(17-5)19-13(2)3/h7-10,13H,6,11-12H2,1-5H3,(H2,17,18,19). The zero-order valence-corrected chi connectivity index (χ0v) is 13.4. The molecule has 2 N–H and O–H groups in total. The number of aryl methyl sites for hydroxylation is 1. The lowest BCUT2D eigenvalue weighted by Gasteiger charge is -2.25. The molecule has 0 aliphatic rings. The molecule has 0 unspecified atom stereocenters. The van der Waals surface area contributed by atoms with Gasteiger partial charge in [-0.1, -0.05) is 18.2 Å². The van der Waals surface area contributed by atoms with E-state index in [2.05, 4.69) is 72.5 Å². The molecule has 0 heterocycles. The van der Waals surface area contributed by atoms with Gasteiger partial charge in [0.25, 0.3) is 0 Å². The van der Waals surface area contributed by atoms with Crippen LogP contribution in [0.25, 0.3) is 0 Å². The largest absolute Gasteiger partial charge is 0.370 e. The van der Waals surface area contributed by atoms with Crippen LogP contribution in [-0.2, 0) is 0 Å². The van der Waals surface area contributed by atoms with Crippen LogP contribution in [0.15, 0.2) is 29.3 Å². The maximum Gasteiger partial charge on any atom is 0.191 e. The van der Waals surface area contributed by atoms with Gasteiger partial charge in [0, 0.05) is 38.4 Å². The zero-order chi connectivity index (χ0) is 15.0. The van der Waals surface area contributed by atoms with Crippen LogP contribution in [0, 0.1) is 6.92 Å². The van der Waals surface area contributed by atoms with Crippen molar-refractivity contribution >= 4 is 11.6 Å². The Morgan fingerprint density at radius 2 is 2.00 bits per heavy atom. The van der Waals surface area contributed by atoms with Crippen LogP contribution < -0.4 is 15.5 Å². The average molecular weight is 276 g/mol. The molecule has 1 rings (SSSR count). The predicted octanol–water partition coefficient (Wildman–Crippen LogP) is 2.39. The van der Waals surface area contributed by atoms with Gasteiger partial charge in [0.05, 0.1) is 0 Å². The number of benzene rings is 1. The van der Waals surface area contributed by atoms with E-state index in [9.17, 15) is 0 Å². The first-order valence-electron chi connectivity index (χ1n) is 7.36. The minimum atomic E-state index is 0.389. The van der Waals surface area contributed by atoms with E-state index >= 15 is 0 Å². The lowest BCUT2D eigenvalue weighted by molar-refractivity contribution is 0.690. The average Bonchev–Trinajstić information content (AvgIpc) is 2.43. The Morgan fingerprint density at radius 1 is 1.30 bits per heavy atom. The van der Waals surface area contributed by atoms with E-state index in [1.54, 1.807) is 7.05 Å². The number of anilines is 1. The molecule has 112 valence electrons. The van der Waals surface area contributed by atoms with Gasteiger partial charge in [-0.15, -0.1) is 0 Å². The summed E-state index contributed by atoms with van der Waals surface area (Å²) >= 11 is 0. The number of hydrogen-bond acceptors (Lipinski definition) is 2. The third-order valence-electron chi connectivity index (χ3n) is 3.16. The smallest absolute Gasteiger partial charge is 0.191 e. The number of aliphatic imine (C=N–C) groups is 1. The number of likely N-dealkylation sites (N-methyl/N-ethyl adjacent to an activating group) is 1. The molecule has 0 amide bonds. The molecule has 0 aliphatic carbocycles. The Kier molecular flexibility index (Phi) is 6.91. The fourth-order valence-corrected chi connectivity index (χ4v) is 2.14. The molecule has 0 radical (unpaired) electrons. The minimum absolute atomic E-state index is 0.389. The van der Waals surface area contributed by atoms with Crippen LogP contribution in [0.3, 0.4) is 0 Å². The predicted molar refractivity (Wildman–Crippen MR) is 88.7 cm³/mol. The molecule has 20 heavy (non-hydrogen) atoms. The number of rotatable bonds is 6. The first-order valence-corrected chi connectivity index (χ1v) is 7.36. The van der Waals surface area contributed by atoms with Gasteiger partial charge in [0.15, 0.2) is 5.96 Å². The van der Waals surface area contributed by atoms with Crippen LogP contribution in [-0.4, -0.2) is 38.7 Å². The maximum absolute atomic E-state index is 4.22. The Bertz CT molecular complexity index is 426. The minimum Gasteiger partial charge on any atom is -0.370 e. The molecule has 0 aliphatic heterocycles.